The average Bonchev–Trinajstić information content (AvgIpc) is 1.79. The van der Waals surface area contributed by atoms with E-state index in [-0.39, 0.29) is 16.5 Å². The van der Waals surface area contributed by atoms with Crippen LogP contribution in [0.3, 0.4) is 0 Å². The molecule has 1 N–H and O–H groups in total. The molecule has 13 heavy (non-hydrogen) atoms. The normalized spacial score (nSPS) is 29.5. The fourth-order valence-electron chi connectivity index (χ4n) is 0.895. The summed E-state index contributed by atoms with van der Waals surface area (Å²) in [6.45, 7) is 0. The molecule has 74 valence electrons. The van der Waals surface area contributed by atoms with Gasteiger partial charge in [-0.05, 0) is 12.2 Å². The van der Waals surface area contributed by atoms with Crippen LogP contribution in [0.5, 0.6) is 0 Å². The van der Waals surface area contributed by atoms with Crippen LogP contribution in [0.15, 0.2) is 22.2 Å². The molecule has 0 aromatic rings. The molecule has 0 amide bonds. The Morgan fingerprint density at radius 2 is 2.00 bits per heavy atom. The van der Waals surface area contributed by atoms with Crippen LogP contribution in [0.25, 0.3) is 0 Å². The van der Waals surface area contributed by atoms with Crippen LogP contribution in [0, 0.1) is 0 Å². The molecule has 1 aliphatic rings. The minimum atomic E-state index is -4.41. The molecule has 0 heterocycles. The minimum absolute atomic E-state index is 0.0869. The maximum Gasteiger partial charge on any atom is 0.289 e. The molecule has 0 radical (unpaired) electrons. The van der Waals surface area contributed by atoms with Crippen molar-refractivity contribution in [3.63, 3.8) is 0 Å². The Bertz CT molecular complexity index is 384. The fraction of sp³-hybridized carbons (Fsp3) is 0.333. The highest BCUT2D eigenvalue weighted by atomic mass is 35.5. The lowest BCUT2D eigenvalue weighted by Crippen LogP contribution is -2.31. The third-order valence-corrected chi connectivity index (χ3v) is 3.90. The second-order valence-electron chi connectivity index (χ2n) is 2.56. The third-order valence-electron chi connectivity index (χ3n) is 1.49. The van der Waals surface area contributed by atoms with E-state index in [9.17, 15) is 8.42 Å². The largest absolute Gasteiger partial charge is 0.289 e. The summed E-state index contributed by atoms with van der Waals surface area (Å²) < 4.78 is 28.5. The molecule has 0 aromatic carbocycles. The summed E-state index contributed by atoms with van der Waals surface area (Å²) in [5, 5.41) is 0.268. The quantitative estimate of drug-likeness (QED) is 0.584. The van der Waals surface area contributed by atoms with Crippen LogP contribution in [0.1, 0.15) is 6.42 Å². The summed E-state index contributed by atoms with van der Waals surface area (Å²) in [5.74, 6) is 0. The van der Waals surface area contributed by atoms with E-state index >= 15 is 0 Å². The van der Waals surface area contributed by atoms with Crippen LogP contribution in [-0.4, -0.2) is 17.2 Å². The Labute approximate surface area is 90.7 Å². The van der Waals surface area contributed by atoms with E-state index in [1.165, 1.54) is 6.08 Å². The van der Waals surface area contributed by atoms with E-state index in [2.05, 4.69) is 0 Å². The molecular formula is C6H5Cl3O3S. The van der Waals surface area contributed by atoms with Gasteiger partial charge >= 0.3 is 0 Å². The maximum atomic E-state index is 10.8. The molecule has 0 saturated carbocycles. The maximum absolute atomic E-state index is 10.8. The van der Waals surface area contributed by atoms with Crippen LogP contribution in [0.4, 0.5) is 0 Å². The standard InChI is InChI=1S/C6H5Cl3O3S/c7-4-1-5(8)3-6(9,2-4)13(10,11)12/h1-2H,3H2,(H,10,11,12). The van der Waals surface area contributed by atoms with E-state index < -0.39 is 14.3 Å². The summed E-state index contributed by atoms with van der Waals surface area (Å²) >= 11 is 16.7. The Balaban J connectivity index is 3.19. The lowest BCUT2D eigenvalue weighted by molar-refractivity contribution is 0.468. The van der Waals surface area contributed by atoms with Crippen LogP contribution >= 0.6 is 34.8 Å². The molecule has 3 nitrogen and oxygen atoms in total. The van der Waals surface area contributed by atoms with Gasteiger partial charge in [-0.2, -0.15) is 8.42 Å². The van der Waals surface area contributed by atoms with Gasteiger partial charge in [-0.3, -0.25) is 4.55 Å². The van der Waals surface area contributed by atoms with Crippen LogP contribution in [0.2, 0.25) is 0 Å². The predicted octanol–water partition coefficient (Wildman–Crippen LogP) is 2.46. The number of hydrogen-bond donors (Lipinski definition) is 1. The summed E-state index contributed by atoms with van der Waals surface area (Å²) in [4.78, 5) is 0. The smallest absolute Gasteiger partial charge is 0.284 e. The molecule has 0 aromatic heterocycles. The monoisotopic (exact) mass is 262 g/mol. The summed E-state index contributed by atoms with van der Waals surface area (Å²) in [7, 11) is -4.41. The Morgan fingerprint density at radius 3 is 2.38 bits per heavy atom. The van der Waals surface area contributed by atoms with Crippen molar-refractivity contribution < 1.29 is 13.0 Å². The highest BCUT2D eigenvalue weighted by Crippen LogP contribution is 2.38. The third kappa shape index (κ3) is 2.39. The molecule has 0 spiro atoms. The fourth-order valence-corrected chi connectivity index (χ4v) is 2.74. The van der Waals surface area contributed by atoms with Gasteiger partial charge in [0.25, 0.3) is 10.1 Å². The van der Waals surface area contributed by atoms with Gasteiger partial charge < -0.3 is 0 Å². The predicted molar refractivity (Wildman–Crippen MR) is 52.6 cm³/mol. The van der Waals surface area contributed by atoms with Crippen LogP contribution in [-0.2, 0) is 10.1 Å². The van der Waals surface area contributed by atoms with Gasteiger partial charge in [-0.15, -0.1) is 0 Å². The van der Waals surface area contributed by atoms with Gasteiger partial charge in [0.15, 0.2) is 4.21 Å². The molecule has 0 aliphatic heterocycles. The topological polar surface area (TPSA) is 54.4 Å². The number of hydrogen-bond acceptors (Lipinski definition) is 2. The molecule has 1 aliphatic carbocycles. The van der Waals surface area contributed by atoms with E-state index in [1.54, 1.807) is 0 Å². The number of rotatable bonds is 1. The minimum Gasteiger partial charge on any atom is -0.284 e. The second-order valence-corrected chi connectivity index (χ2v) is 6.06. The van der Waals surface area contributed by atoms with E-state index in [0.717, 1.165) is 6.08 Å². The SMILES string of the molecule is O=S(=O)(O)C1(Cl)C=C(Cl)C=C(Cl)C1. The van der Waals surface area contributed by atoms with Gasteiger partial charge in [-0.25, -0.2) is 0 Å². The van der Waals surface area contributed by atoms with Crippen molar-refractivity contribution >= 4 is 44.9 Å². The van der Waals surface area contributed by atoms with E-state index in [1.807, 2.05) is 0 Å². The summed E-state index contributed by atoms with van der Waals surface area (Å²) in [5.41, 5.74) is 0. The average molecular weight is 264 g/mol. The van der Waals surface area contributed by atoms with Crippen molar-refractivity contribution in [2.75, 3.05) is 0 Å². The van der Waals surface area contributed by atoms with Crippen LogP contribution < -0.4 is 0 Å². The first-order chi connectivity index (χ1) is 5.74. The van der Waals surface area contributed by atoms with Crippen molar-refractivity contribution in [2.24, 2.45) is 0 Å². The van der Waals surface area contributed by atoms with Crippen molar-refractivity contribution in [3.05, 3.63) is 22.2 Å². The zero-order valence-electron chi connectivity index (χ0n) is 6.17. The first kappa shape index (κ1) is 11.3. The Hall–Kier alpha value is 0.260. The second kappa shape index (κ2) is 3.44. The van der Waals surface area contributed by atoms with E-state index in [4.69, 9.17) is 39.4 Å². The molecular weight excluding hydrogens is 258 g/mol. The lowest BCUT2D eigenvalue weighted by Gasteiger charge is -2.22. The van der Waals surface area contributed by atoms with Gasteiger partial charge in [0, 0.05) is 16.5 Å². The molecule has 0 fully saturated rings. The zero-order valence-corrected chi connectivity index (χ0v) is 9.25. The van der Waals surface area contributed by atoms with Crippen molar-refractivity contribution in [1.29, 1.82) is 0 Å². The lowest BCUT2D eigenvalue weighted by atomic mass is 10.2. The van der Waals surface area contributed by atoms with Crippen molar-refractivity contribution in [2.45, 2.75) is 10.6 Å². The molecule has 1 atom stereocenters. The highest BCUT2D eigenvalue weighted by Gasteiger charge is 2.41. The van der Waals surface area contributed by atoms with Crippen molar-refractivity contribution in [1.82, 2.24) is 0 Å². The van der Waals surface area contributed by atoms with Gasteiger partial charge in [-0.1, -0.05) is 34.8 Å². The summed E-state index contributed by atoms with van der Waals surface area (Å²) in [6.07, 6.45) is 2.22. The van der Waals surface area contributed by atoms with Gasteiger partial charge in [0.1, 0.15) is 0 Å². The van der Waals surface area contributed by atoms with Crippen molar-refractivity contribution in [3.8, 4) is 0 Å². The molecule has 0 saturated heterocycles. The number of halogens is 3. The highest BCUT2D eigenvalue weighted by molar-refractivity contribution is 7.88. The van der Waals surface area contributed by atoms with E-state index in [0.29, 0.717) is 0 Å². The molecule has 7 heteroatoms. The summed E-state index contributed by atoms with van der Waals surface area (Å²) in [6, 6.07) is 0. The zero-order chi connectivity index (χ0) is 10.3. The first-order valence-electron chi connectivity index (χ1n) is 3.15. The van der Waals surface area contributed by atoms with Gasteiger partial charge in [0.2, 0.25) is 0 Å². The molecule has 0 bridgehead atoms. The molecule has 1 rings (SSSR count). The molecule has 1 unspecified atom stereocenters. The number of alkyl halides is 1. The first-order valence-corrected chi connectivity index (χ1v) is 5.72. The van der Waals surface area contributed by atoms with Gasteiger partial charge in [0.05, 0.1) is 0 Å². The Kier molecular flexibility index (Phi) is 3.00. The number of allylic oxidation sites excluding steroid dienone is 3. The Morgan fingerprint density at radius 1 is 1.46 bits per heavy atom.